The van der Waals surface area contributed by atoms with Gasteiger partial charge in [0.2, 0.25) is 11.8 Å². The van der Waals surface area contributed by atoms with Crippen LogP contribution in [0.5, 0.6) is 5.75 Å². The van der Waals surface area contributed by atoms with Crippen molar-refractivity contribution in [3.63, 3.8) is 0 Å². The first-order valence-corrected chi connectivity index (χ1v) is 20.0. The van der Waals surface area contributed by atoms with E-state index in [0.29, 0.717) is 50.8 Å². The van der Waals surface area contributed by atoms with Crippen molar-refractivity contribution >= 4 is 41.2 Å². The lowest BCUT2D eigenvalue weighted by Crippen LogP contribution is -2.70. The number of benzene rings is 1. The van der Waals surface area contributed by atoms with E-state index in [1.807, 2.05) is 6.92 Å². The summed E-state index contributed by atoms with van der Waals surface area (Å²) in [5.74, 6) is -5.14. The van der Waals surface area contributed by atoms with Crippen molar-refractivity contribution in [2.75, 3.05) is 19.7 Å². The van der Waals surface area contributed by atoms with Crippen LogP contribution in [0.1, 0.15) is 106 Å². The molecule has 0 radical (unpaired) electrons. The standard InChI is InChI=1S/C42H51FN4O10/c1-23-19-28-27-12-11-24-20-25(48)15-16-39(24,2)41(27,43)31(49)21-40(28,3)42(23,56)38(55)45-18-7-5-4-6-17-44-33(51)22-57-30-10-8-9-26-34(30)37(54)47(36(26)53)29-13-14-32(50)46-35(29)52/h8-10,15-16,20,23,27-29,31,49,56H,4-7,11-14,17-19,21-22H2,1-3H3,(H,44,51)(H,45,55)(H,46,50,52)/t23-,27+,28+,29?,31+,39+,40+,41+,42+/m1/s1. The number of piperidine rings is 1. The molecule has 4 fully saturated rings. The SMILES string of the molecule is C[C@@H]1C[C@H]2[C@@H]3CCC4=CC(=O)C=C[C@]4(C)[C@@]3(F)[C@@H](O)C[C@]2(C)[C@@]1(O)C(=O)NCCCCCCNC(=O)COc1cccc2c1C(=O)N(C1CCC(=O)NC1=O)C2=O. The number of allylic oxidation sites excluding steroid dienone is 4. The maximum absolute atomic E-state index is 17.4. The van der Waals surface area contributed by atoms with Gasteiger partial charge in [0, 0.05) is 36.3 Å². The normalized spacial score (nSPS) is 35.5. The maximum atomic E-state index is 17.4. The van der Waals surface area contributed by atoms with Gasteiger partial charge in [-0.2, -0.15) is 0 Å². The molecule has 306 valence electrons. The molecule has 1 saturated heterocycles. The molecule has 2 aliphatic heterocycles. The molecule has 7 rings (SSSR count). The summed E-state index contributed by atoms with van der Waals surface area (Å²) >= 11 is 0. The van der Waals surface area contributed by atoms with Gasteiger partial charge >= 0.3 is 0 Å². The smallest absolute Gasteiger partial charge is 0.266 e. The van der Waals surface area contributed by atoms with E-state index in [2.05, 4.69) is 16.0 Å². The lowest BCUT2D eigenvalue weighted by Gasteiger charge is -2.62. The maximum Gasteiger partial charge on any atom is 0.266 e. The van der Waals surface area contributed by atoms with E-state index >= 15 is 4.39 Å². The number of hydrogen-bond donors (Lipinski definition) is 5. The van der Waals surface area contributed by atoms with Crippen LogP contribution < -0.4 is 20.7 Å². The van der Waals surface area contributed by atoms with E-state index in [1.165, 1.54) is 30.4 Å². The Kier molecular flexibility index (Phi) is 10.6. The van der Waals surface area contributed by atoms with E-state index in [0.717, 1.165) is 17.7 Å². The number of carbonyl (C=O) groups excluding carboxylic acids is 7. The lowest BCUT2D eigenvalue weighted by atomic mass is 9.44. The summed E-state index contributed by atoms with van der Waals surface area (Å²) in [6.45, 7) is 5.61. The van der Waals surface area contributed by atoms with Crippen LogP contribution in [-0.4, -0.2) is 99.5 Å². The molecule has 57 heavy (non-hydrogen) atoms. The van der Waals surface area contributed by atoms with E-state index in [4.69, 9.17) is 4.74 Å². The van der Waals surface area contributed by atoms with Crippen LogP contribution in [0.15, 0.2) is 42.0 Å². The summed E-state index contributed by atoms with van der Waals surface area (Å²) in [6, 6.07) is 3.29. The molecule has 3 saturated carbocycles. The van der Waals surface area contributed by atoms with E-state index < -0.39 is 88.1 Å². The molecule has 0 spiro atoms. The second-order valence-electron chi connectivity index (χ2n) is 17.1. The minimum Gasteiger partial charge on any atom is -0.483 e. The minimum absolute atomic E-state index is 0.00530. The third-order valence-corrected chi connectivity index (χ3v) is 14.1. The zero-order valence-corrected chi connectivity index (χ0v) is 32.5. The second kappa shape index (κ2) is 14.9. The highest BCUT2D eigenvalue weighted by Gasteiger charge is 2.75. The van der Waals surface area contributed by atoms with Crippen molar-refractivity contribution in [2.24, 2.45) is 28.6 Å². The predicted molar refractivity (Wildman–Crippen MR) is 201 cm³/mol. The second-order valence-corrected chi connectivity index (χ2v) is 17.1. The van der Waals surface area contributed by atoms with Crippen LogP contribution in [0.2, 0.25) is 0 Å². The number of fused-ring (bicyclic) bond motifs is 6. The average Bonchev–Trinajstić information content (AvgIpc) is 3.54. The highest BCUT2D eigenvalue weighted by atomic mass is 19.1. The van der Waals surface area contributed by atoms with Gasteiger partial charge in [0.05, 0.1) is 17.2 Å². The van der Waals surface area contributed by atoms with Gasteiger partial charge in [0.15, 0.2) is 23.7 Å². The van der Waals surface area contributed by atoms with Crippen molar-refractivity contribution in [2.45, 2.75) is 108 Å². The number of rotatable bonds is 12. The van der Waals surface area contributed by atoms with Gasteiger partial charge in [-0.25, -0.2) is 4.39 Å². The van der Waals surface area contributed by atoms with Gasteiger partial charge in [0.1, 0.15) is 11.8 Å². The number of ketones is 1. The van der Waals surface area contributed by atoms with Crippen LogP contribution in [0, 0.1) is 28.6 Å². The number of unbranched alkanes of at least 4 members (excludes halogenated alkanes) is 3. The van der Waals surface area contributed by atoms with Crippen LogP contribution in [0.25, 0.3) is 0 Å². The number of aliphatic hydroxyl groups excluding tert-OH is 1. The number of imide groups is 2. The number of amides is 6. The van der Waals surface area contributed by atoms with Gasteiger partial charge in [0.25, 0.3) is 23.6 Å². The largest absolute Gasteiger partial charge is 0.483 e. The van der Waals surface area contributed by atoms with Crippen molar-refractivity contribution in [3.05, 3.63) is 53.1 Å². The number of nitrogens with one attached hydrogen (secondary N) is 3. The molecule has 5 N–H and O–H groups in total. The fourth-order valence-corrected chi connectivity index (χ4v) is 11.0. The number of ether oxygens (including phenoxy) is 1. The summed E-state index contributed by atoms with van der Waals surface area (Å²) in [6.07, 6.45) is 7.01. The van der Waals surface area contributed by atoms with Crippen LogP contribution in [-0.2, 0) is 24.0 Å². The molecule has 6 amide bonds. The third-order valence-electron chi connectivity index (χ3n) is 14.1. The number of aliphatic hydroxyl groups is 2. The molecule has 1 aromatic carbocycles. The molecular weight excluding hydrogens is 739 g/mol. The first-order chi connectivity index (χ1) is 27.0. The number of alkyl halides is 1. The zero-order valence-electron chi connectivity index (χ0n) is 32.5. The summed E-state index contributed by atoms with van der Waals surface area (Å²) in [7, 11) is 0. The van der Waals surface area contributed by atoms with Crippen LogP contribution >= 0.6 is 0 Å². The average molecular weight is 791 g/mol. The first-order valence-electron chi connectivity index (χ1n) is 20.0. The molecule has 15 heteroatoms. The Morgan fingerprint density at radius 2 is 1.70 bits per heavy atom. The molecule has 0 aromatic heterocycles. The third kappa shape index (κ3) is 6.32. The highest BCUT2D eigenvalue weighted by Crippen LogP contribution is 2.70. The molecule has 4 aliphatic carbocycles. The highest BCUT2D eigenvalue weighted by molar-refractivity contribution is 6.24. The number of carbonyl (C=O) groups is 7. The minimum atomic E-state index is -2.04. The van der Waals surface area contributed by atoms with Gasteiger partial charge in [-0.1, -0.05) is 44.4 Å². The Hall–Kier alpha value is -4.76. The Morgan fingerprint density at radius 1 is 0.982 bits per heavy atom. The Morgan fingerprint density at radius 3 is 2.42 bits per heavy atom. The molecule has 1 aromatic rings. The number of hydrogen-bond acceptors (Lipinski definition) is 10. The quantitative estimate of drug-likeness (QED) is 0.155. The van der Waals surface area contributed by atoms with Gasteiger partial charge in [-0.15, -0.1) is 0 Å². The summed E-state index contributed by atoms with van der Waals surface area (Å²) in [5.41, 5.74) is -5.37. The van der Waals surface area contributed by atoms with Gasteiger partial charge in [-0.3, -0.25) is 43.8 Å². The molecule has 1 unspecified atom stereocenters. The molecule has 6 aliphatic rings. The van der Waals surface area contributed by atoms with E-state index in [9.17, 15) is 43.8 Å². The Bertz CT molecular complexity index is 1980. The van der Waals surface area contributed by atoms with E-state index in [-0.39, 0.29) is 47.8 Å². The monoisotopic (exact) mass is 790 g/mol. The Balaban J connectivity index is 0.847. The first kappa shape index (κ1) is 40.4. The van der Waals surface area contributed by atoms with Gasteiger partial charge in [-0.05, 0) is 88.0 Å². The molecule has 9 atom stereocenters. The van der Waals surface area contributed by atoms with Crippen LogP contribution in [0.4, 0.5) is 4.39 Å². The van der Waals surface area contributed by atoms with E-state index in [1.54, 1.807) is 19.9 Å². The Labute approximate surface area is 330 Å². The van der Waals surface area contributed by atoms with Crippen molar-refractivity contribution < 1.29 is 52.9 Å². The lowest BCUT2D eigenvalue weighted by molar-refractivity contribution is -0.219. The van der Waals surface area contributed by atoms with Crippen molar-refractivity contribution in [1.82, 2.24) is 20.9 Å². The zero-order chi connectivity index (χ0) is 41.1. The number of halogens is 1. The summed E-state index contributed by atoms with van der Waals surface area (Å²) in [5, 5.41) is 31.6. The molecular formula is C42H51FN4O10. The predicted octanol–water partition coefficient (Wildman–Crippen LogP) is 2.61. The van der Waals surface area contributed by atoms with Crippen molar-refractivity contribution in [3.8, 4) is 5.75 Å². The van der Waals surface area contributed by atoms with Crippen LogP contribution in [0.3, 0.4) is 0 Å². The topological polar surface area (TPSA) is 209 Å². The van der Waals surface area contributed by atoms with Gasteiger partial charge < -0.3 is 25.6 Å². The fraction of sp³-hybridized carbons (Fsp3) is 0.595. The molecule has 14 nitrogen and oxygen atoms in total. The summed E-state index contributed by atoms with van der Waals surface area (Å²) in [4.78, 5) is 89.5. The van der Waals surface area contributed by atoms with Crippen molar-refractivity contribution in [1.29, 1.82) is 0 Å². The molecule has 2 heterocycles. The summed E-state index contributed by atoms with van der Waals surface area (Å²) < 4.78 is 23.1. The molecule has 0 bridgehead atoms. The fourth-order valence-electron chi connectivity index (χ4n) is 11.0. The number of nitrogens with zero attached hydrogens (tertiary/aromatic N) is 1.